The molecule has 4 nitrogen and oxygen atoms in total. The molecule has 0 spiro atoms. The number of ether oxygens (including phenoxy) is 1. The summed E-state index contributed by atoms with van der Waals surface area (Å²) in [5.74, 6) is 2.28. The van der Waals surface area contributed by atoms with E-state index in [0.29, 0.717) is 0 Å². The third kappa shape index (κ3) is 7.28. The van der Waals surface area contributed by atoms with Crippen LogP contribution in [0.3, 0.4) is 0 Å². The summed E-state index contributed by atoms with van der Waals surface area (Å²) >= 11 is 1.89. The number of nitrogens with zero attached hydrogens (tertiary/aromatic N) is 1. The third-order valence-electron chi connectivity index (χ3n) is 4.44. The summed E-state index contributed by atoms with van der Waals surface area (Å²) in [6.45, 7) is 10.3. The van der Waals surface area contributed by atoms with Gasteiger partial charge < -0.3 is 10.1 Å². The van der Waals surface area contributed by atoms with Gasteiger partial charge in [-0.1, -0.05) is 32.9 Å². The van der Waals surface area contributed by atoms with Crippen LogP contribution in [0.5, 0.6) is 5.75 Å². The van der Waals surface area contributed by atoms with Gasteiger partial charge in [-0.15, -0.1) is 0 Å². The number of methoxy groups -OCH3 is 1. The lowest BCUT2D eigenvalue weighted by Crippen LogP contribution is -2.40. The molecule has 0 aliphatic carbocycles. The average Bonchev–Trinajstić information content (AvgIpc) is 2.58. The third-order valence-corrected chi connectivity index (χ3v) is 5.71. The van der Waals surface area contributed by atoms with Crippen molar-refractivity contribution in [3.63, 3.8) is 0 Å². The minimum atomic E-state index is 0.168. The first kappa shape index (κ1) is 20.1. The van der Waals surface area contributed by atoms with Gasteiger partial charge in [-0.05, 0) is 43.6 Å². The fraction of sp³-hybridized carbons (Fsp3) is 0.650. The van der Waals surface area contributed by atoms with Crippen molar-refractivity contribution in [2.75, 3.05) is 32.5 Å². The zero-order valence-electron chi connectivity index (χ0n) is 16.0. The van der Waals surface area contributed by atoms with Crippen molar-refractivity contribution in [1.29, 1.82) is 0 Å². The van der Waals surface area contributed by atoms with Crippen molar-refractivity contribution < 1.29 is 9.53 Å². The fourth-order valence-corrected chi connectivity index (χ4v) is 3.87. The van der Waals surface area contributed by atoms with Gasteiger partial charge in [0.15, 0.2) is 0 Å². The van der Waals surface area contributed by atoms with E-state index in [1.165, 1.54) is 5.56 Å². The molecule has 1 aliphatic heterocycles. The van der Waals surface area contributed by atoms with E-state index in [4.69, 9.17) is 4.74 Å². The van der Waals surface area contributed by atoms with Crippen LogP contribution in [-0.4, -0.2) is 48.1 Å². The number of thioether (sulfide) groups is 1. The van der Waals surface area contributed by atoms with E-state index >= 15 is 0 Å². The van der Waals surface area contributed by atoms with Crippen molar-refractivity contribution in [1.82, 2.24) is 10.2 Å². The Bertz CT molecular complexity index is 549. The Kier molecular flexibility index (Phi) is 7.63. The number of carbonyl (C=O) groups is 1. The second-order valence-electron chi connectivity index (χ2n) is 7.65. The highest BCUT2D eigenvalue weighted by molar-refractivity contribution is 8.00. The predicted molar refractivity (Wildman–Crippen MR) is 106 cm³/mol. The highest BCUT2D eigenvalue weighted by Crippen LogP contribution is 2.23. The molecule has 0 atom stereocenters. The molecule has 0 radical (unpaired) electrons. The van der Waals surface area contributed by atoms with Crippen LogP contribution in [-0.2, 0) is 11.3 Å². The Balaban J connectivity index is 1.69. The Morgan fingerprint density at radius 1 is 1.32 bits per heavy atom. The minimum Gasteiger partial charge on any atom is -0.497 e. The SMILES string of the molecule is COc1cccc(CN2CCC(C(=O)NCCSC(C)(C)C)CC2)c1. The largest absolute Gasteiger partial charge is 0.497 e. The molecule has 25 heavy (non-hydrogen) atoms. The summed E-state index contributed by atoms with van der Waals surface area (Å²) in [5, 5.41) is 3.11. The number of amides is 1. The van der Waals surface area contributed by atoms with Crippen LogP contribution in [0.1, 0.15) is 39.2 Å². The Morgan fingerprint density at radius 2 is 2.04 bits per heavy atom. The molecule has 0 saturated carbocycles. The molecule has 2 rings (SSSR count). The second kappa shape index (κ2) is 9.48. The summed E-state index contributed by atoms with van der Waals surface area (Å²) in [6, 6.07) is 8.22. The quantitative estimate of drug-likeness (QED) is 0.751. The van der Waals surface area contributed by atoms with Gasteiger partial charge in [-0.2, -0.15) is 11.8 Å². The number of benzene rings is 1. The molecular formula is C20H32N2O2S. The topological polar surface area (TPSA) is 41.6 Å². The van der Waals surface area contributed by atoms with Crippen molar-refractivity contribution in [2.45, 2.75) is 44.9 Å². The lowest BCUT2D eigenvalue weighted by atomic mass is 9.95. The summed E-state index contributed by atoms with van der Waals surface area (Å²) in [4.78, 5) is 14.7. The first-order valence-corrected chi connectivity index (χ1v) is 10.1. The molecule has 0 unspecified atom stereocenters. The second-order valence-corrected chi connectivity index (χ2v) is 9.58. The summed E-state index contributed by atoms with van der Waals surface area (Å²) in [5.41, 5.74) is 1.27. The summed E-state index contributed by atoms with van der Waals surface area (Å²) in [6.07, 6.45) is 1.89. The van der Waals surface area contributed by atoms with Crippen LogP contribution in [0.15, 0.2) is 24.3 Å². The van der Waals surface area contributed by atoms with Gasteiger partial charge in [0.25, 0.3) is 0 Å². The van der Waals surface area contributed by atoms with Crippen LogP contribution in [0.4, 0.5) is 0 Å². The van der Waals surface area contributed by atoms with Crippen LogP contribution in [0, 0.1) is 5.92 Å². The number of hydrogen-bond donors (Lipinski definition) is 1. The Morgan fingerprint density at radius 3 is 2.68 bits per heavy atom. The van der Waals surface area contributed by atoms with E-state index in [9.17, 15) is 4.79 Å². The molecule has 1 aliphatic rings. The maximum absolute atomic E-state index is 12.3. The molecule has 1 heterocycles. The number of rotatable bonds is 7. The highest BCUT2D eigenvalue weighted by atomic mass is 32.2. The molecule has 0 aromatic heterocycles. The van der Waals surface area contributed by atoms with E-state index in [2.05, 4.69) is 43.1 Å². The van der Waals surface area contributed by atoms with Crippen molar-refractivity contribution in [3.05, 3.63) is 29.8 Å². The minimum absolute atomic E-state index is 0.168. The molecular weight excluding hydrogens is 332 g/mol. The highest BCUT2D eigenvalue weighted by Gasteiger charge is 2.24. The summed E-state index contributed by atoms with van der Waals surface area (Å²) in [7, 11) is 1.70. The normalized spacial score (nSPS) is 16.6. The van der Waals surface area contributed by atoms with Gasteiger partial charge in [0, 0.05) is 29.5 Å². The van der Waals surface area contributed by atoms with E-state index in [0.717, 1.165) is 50.5 Å². The monoisotopic (exact) mass is 364 g/mol. The van der Waals surface area contributed by atoms with Gasteiger partial charge in [-0.25, -0.2) is 0 Å². The van der Waals surface area contributed by atoms with Crippen LogP contribution < -0.4 is 10.1 Å². The summed E-state index contributed by atoms with van der Waals surface area (Å²) < 4.78 is 5.55. The number of nitrogens with one attached hydrogen (secondary N) is 1. The predicted octanol–water partition coefficient (Wildman–Crippen LogP) is 3.56. The first-order chi connectivity index (χ1) is 11.9. The lowest BCUT2D eigenvalue weighted by molar-refractivity contribution is -0.126. The van der Waals surface area contributed by atoms with Crippen LogP contribution >= 0.6 is 11.8 Å². The number of hydrogen-bond acceptors (Lipinski definition) is 4. The van der Waals surface area contributed by atoms with Gasteiger partial charge in [0.05, 0.1) is 7.11 Å². The smallest absolute Gasteiger partial charge is 0.223 e. The first-order valence-electron chi connectivity index (χ1n) is 9.14. The van der Waals surface area contributed by atoms with Gasteiger partial charge in [0.1, 0.15) is 5.75 Å². The maximum atomic E-state index is 12.3. The Hall–Kier alpha value is -1.20. The van der Waals surface area contributed by atoms with Crippen LogP contribution in [0.2, 0.25) is 0 Å². The Labute approximate surface area is 156 Å². The molecule has 1 aromatic carbocycles. The standard InChI is InChI=1S/C20H32N2O2S/c1-20(2,3)25-13-10-21-19(23)17-8-11-22(12-9-17)15-16-6-5-7-18(14-16)24-4/h5-7,14,17H,8-13,15H2,1-4H3,(H,21,23). The van der Waals surface area contributed by atoms with Crippen molar-refractivity contribution in [2.24, 2.45) is 5.92 Å². The maximum Gasteiger partial charge on any atom is 0.223 e. The molecule has 140 valence electrons. The molecule has 5 heteroatoms. The molecule has 0 bridgehead atoms. The van der Waals surface area contributed by atoms with Gasteiger partial charge >= 0.3 is 0 Å². The van der Waals surface area contributed by atoms with Crippen molar-refractivity contribution in [3.8, 4) is 5.75 Å². The molecule has 1 amide bonds. The zero-order chi connectivity index (χ0) is 18.3. The molecule has 1 aromatic rings. The average molecular weight is 365 g/mol. The molecule has 1 saturated heterocycles. The van der Waals surface area contributed by atoms with E-state index in [1.54, 1.807) is 7.11 Å². The van der Waals surface area contributed by atoms with Gasteiger partial charge in [-0.3, -0.25) is 9.69 Å². The lowest BCUT2D eigenvalue weighted by Gasteiger charge is -2.31. The fourth-order valence-electron chi connectivity index (χ4n) is 3.06. The van der Waals surface area contributed by atoms with E-state index in [-0.39, 0.29) is 16.6 Å². The molecule has 1 N–H and O–H groups in total. The van der Waals surface area contributed by atoms with Gasteiger partial charge in [0.2, 0.25) is 5.91 Å². The number of likely N-dealkylation sites (tertiary alicyclic amines) is 1. The number of piperidine rings is 1. The molecule has 1 fully saturated rings. The van der Waals surface area contributed by atoms with Crippen molar-refractivity contribution >= 4 is 17.7 Å². The van der Waals surface area contributed by atoms with E-state index in [1.807, 2.05) is 23.9 Å². The van der Waals surface area contributed by atoms with Crippen LogP contribution in [0.25, 0.3) is 0 Å². The number of carbonyl (C=O) groups excluding carboxylic acids is 1. The van der Waals surface area contributed by atoms with E-state index < -0.39 is 0 Å². The zero-order valence-corrected chi connectivity index (χ0v) is 16.8.